The van der Waals surface area contributed by atoms with Gasteiger partial charge in [0.25, 0.3) is 5.56 Å². The van der Waals surface area contributed by atoms with E-state index in [0.29, 0.717) is 0 Å². The number of nitrogens with one attached hydrogen (secondary N) is 1. The number of aromatic amines is 1. The Morgan fingerprint density at radius 3 is 2.63 bits per heavy atom. The molecule has 0 aromatic carbocycles. The van der Waals surface area contributed by atoms with Crippen LogP contribution in [0.1, 0.15) is 25.3 Å². The van der Waals surface area contributed by atoms with Crippen molar-refractivity contribution in [3.8, 4) is 0 Å². The predicted octanol–water partition coefficient (Wildman–Crippen LogP) is -2.03. The van der Waals surface area contributed by atoms with E-state index >= 15 is 0 Å². The van der Waals surface area contributed by atoms with E-state index in [1.807, 2.05) is 0 Å². The molecule has 19 heteroatoms. The highest BCUT2D eigenvalue weighted by Gasteiger charge is 2.43. The average Bonchev–Trinajstić information content (AvgIpc) is 3.54. The summed E-state index contributed by atoms with van der Waals surface area (Å²) in [5.41, 5.74) is 9.98. The molecular formula is C19H25N8O10P. The highest BCUT2D eigenvalue weighted by atomic mass is 31.2. The number of fused-ring (bicyclic) bond motifs is 1. The maximum Gasteiger partial charge on any atom is 0.472 e. The molecule has 0 aliphatic carbocycles. The van der Waals surface area contributed by atoms with E-state index in [1.165, 1.54) is 23.2 Å². The molecule has 38 heavy (non-hydrogen) atoms. The van der Waals surface area contributed by atoms with Crippen LogP contribution in [0, 0.1) is 0 Å². The third-order valence-corrected chi connectivity index (χ3v) is 7.17. The van der Waals surface area contributed by atoms with Gasteiger partial charge in [0.15, 0.2) is 11.2 Å². The number of H-pyrrole nitrogens is 1. The largest absolute Gasteiger partial charge is 0.472 e. The second-order valence-electron chi connectivity index (χ2n) is 8.71. The van der Waals surface area contributed by atoms with Gasteiger partial charge in [-0.1, -0.05) is 0 Å². The van der Waals surface area contributed by atoms with E-state index in [0.717, 1.165) is 4.57 Å². The zero-order valence-electron chi connectivity index (χ0n) is 19.6. The number of aliphatic hydroxyl groups is 2. The molecule has 3 aromatic heterocycles. The first-order valence-corrected chi connectivity index (χ1v) is 12.9. The molecule has 3 aromatic rings. The number of imidazole rings is 1. The fourth-order valence-electron chi connectivity index (χ4n) is 4.35. The summed E-state index contributed by atoms with van der Waals surface area (Å²) in [5, 5.41) is 20.1. The lowest BCUT2D eigenvalue weighted by Crippen LogP contribution is -2.29. The van der Waals surface area contributed by atoms with E-state index in [2.05, 4.69) is 19.9 Å². The molecule has 0 spiro atoms. The molecule has 7 atom stereocenters. The fourth-order valence-corrected chi connectivity index (χ4v) is 5.31. The summed E-state index contributed by atoms with van der Waals surface area (Å²) in [6.45, 7) is -1.10. The van der Waals surface area contributed by atoms with Gasteiger partial charge >= 0.3 is 13.5 Å². The lowest BCUT2D eigenvalue weighted by molar-refractivity contribution is -0.0566. The smallest absolute Gasteiger partial charge is 0.394 e. The molecule has 2 fully saturated rings. The van der Waals surface area contributed by atoms with E-state index in [4.69, 9.17) is 30.0 Å². The van der Waals surface area contributed by atoms with Gasteiger partial charge in [-0.05, 0) is 6.07 Å². The maximum absolute atomic E-state index is 12.7. The zero-order chi connectivity index (χ0) is 27.2. The van der Waals surface area contributed by atoms with E-state index in [1.54, 1.807) is 0 Å². The molecule has 0 amide bonds. The standard InChI is InChI=1S/C19H25N8O10P/c20-12-1-2-26(19(31)23-12)13-3-8(29)11(36-13)6-34-38(32,33)37-9-4-14(35-10(9)5-28)27-7-22-15-16(27)24-18(21)25-17(15)30/h1-2,7-11,13-14,28-29H,3-6H2,(H,32,33)(H2,20,23,31)(H3,21,24,25,30). The first kappa shape index (κ1) is 26.4. The van der Waals surface area contributed by atoms with Crippen LogP contribution in [0.2, 0.25) is 0 Å². The molecule has 2 saturated heterocycles. The van der Waals surface area contributed by atoms with Crippen LogP contribution >= 0.6 is 7.82 Å². The Morgan fingerprint density at radius 2 is 1.89 bits per heavy atom. The van der Waals surface area contributed by atoms with Crippen molar-refractivity contribution in [2.24, 2.45) is 0 Å². The molecule has 2 aliphatic heterocycles. The quantitative estimate of drug-likeness (QED) is 0.163. The van der Waals surface area contributed by atoms with E-state index in [9.17, 15) is 29.3 Å². The Bertz CT molecular complexity index is 1490. The Kier molecular flexibility index (Phi) is 7.05. The number of ether oxygens (including phenoxy) is 2. The summed E-state index contributed by atoms with van der Waals surface area (Å²) >= 11 is 0. The number of anilines is 2. The summed E-state index contributed by atoms with van der Waals surface area (Å²) in [6.07, 6.45) is -3.42. The van der Waals surface area contributed by atoms with Crippen LogP contribution < -0.4 is 22.7 Å². The predicted molar refractivity (Wildman–Crippen MR) is 126 cm³/mol. The van der Waals surface area contributed by atoms with Gasteiger partial charge in [0.2, 0.25) is 5.95 Å². The highest BCUT2D eigenvalue weighted by molar-refractivity contribution is 7.47. The SMILES string of the molecule is Nc1ccn(C2CC(O)C(COP(=O)(O)OC3CC(n4cnc5c(=O)[nH]c(N)nc54)OC3CO)O2)c(=O)n1. The normalized spacial score (nSPS) is 29.1. The molecule has 0 saturated carbocycles. The maximum atomic E-state index is 12.7. The first-order valence-electron chi connectivity index (χ1n) is 11.4. The lowest BCUT2D eigenvalue weighted by atomic mass is 10.2. The third kappa shape index (κ3) is 5.20. The topological polar surface area (TPSA) is 265 Å². The molecule has 8 N–H and O–H groups in total. The molecule has 5 heterocycles. The van der Waals surface area contributed by atoms with Crippen LogP contribution in [0.5, 0.6) is 0 Å². The summed E-state index contributed by atoms with van der Waals surface area (Å²) < 4.78 is 36.9. The van der Waals surface area contributed by atoms with Crippen molar-refractivity contribution >= 4 is 30.8 Å². The Balaban J connectivity index is 1.23. The van der Waals surface area contributed by atoms with Crippen molar-refractivity contribution in [3.05, 3.63) is 39.4 Å². The van der Waals surface area contributed by atoms with Crippen molar-refractivity contribution in [2.45, 2.75) is 49.7 Å². The number of aromatic nitrogens is 6. The Morgan fingerprint density at radius 1 is 1.16 bits per heavy atom. The Labute approximate surface area is 212 Å². The van der Waals surface area contributed by atoms with Crippen LogP contribution in [0.4, 0.5) is 11.8 Å². The van der Waals surface area contributed by atoms with Gasteiger partial charge in [0.05, 0.1) is 25.6 Å². The van der Waals surface area contributed by atoms with Crippen molar-refractivity contribution in [1.29, 1.82) is 0 Å². The number of hydrogen-bond acceptors (Lipinski definition) is 14. The zero-order valence-corrected chi connectivity index (χ0v) is 20.5. The van der Waals surface area contributed by atoms with Crippen molar-refractivity contribution < 1.29 is 38.2 Å². The molecule has 0 bridgehead atoms. The second-order valence-corrected chi connectivity index (χ2v) is 10.1. The van der Waals surface area contributed by atoms with Crippen LogP contribution in [0.15, 0.2) is 28.2 Å². The van der Waals surface area contributed by atoms with Gasteiger partial charge in [-0.25, -0.2) is 14.3 Å². The third-order valence-electron chi connectivity index (χ3n) is 6.16. The highest BCUT2D eigenvalue weighted by Crippen LogP contribution is 2.49. The molecule has 18 nitrogen and oxygen atoms in total. The van der Waals surface area contributed by atoms with Crippen molar-refractivity contribution in [1.82, 2.24) is 29.1 Å². The molecule has 206 valence electrons. The number of nitrogen functional groups attached to an aromatic ring is 2. The van der Waals surface area contributed by atoms with E-state index < -0.39 is 69.2 Å². The van der Waals surface area contributed by atoms with Gasteiger partial charge in [-0.15, -0.1) is 0 Å². The first-order chi connectivity index (χ1) is 18.0. The number of aliphatic hydroxyl groups excluding tert-OH is 2. The van der Waals surface area contributed by atoms with Crippen LogP contribution in [-0.2, 0) is 23.1 Å². The molecule has 5 rings (SSSR count). The number of nitrogens with zero attached hydrogens (tertiary/aromatic N) is 5. The van der Waals surface area contributed by atoms with E-state index in [-0.39, 0.29) is 35.8 Å². The van der Waals surface area contributed by atoms with Gasteiger partial charge < -0.3 is 36.0 Å². The van der Waals surface area contributed by atoms with Gasteiger partial charge in [0.1, 0.15) is 36.6 Å². The number of phosphoric ester groups is 1. The second kappa shape index (κ2) is 10.2. The van der Waals surface area contributed by atoms with Crippen molar-refractivity contribution in [3.63, 3.8) is 0 Å². The monoisotopic (exact) mass is 556 g/mol. The molecule has 7 unspecified atom stereocenters. The lowest BCUT2D eigenvalue weighted by Gasteiger charge is -2.21. The summed E-state index contributed by atoms with van der Waals surface area (Å²) in [5.74, 6) is -0.115. The molecule has 0 radical (unpaired) electrons. The minimum absolute atomic E-state index is 0.00109. The molecule has 2 aliphatic rings. The van der Waals surface area contributed by atoms with Crippen LogP contribution in [0.25, 0.3) is 11.2 Å². The summed E-state index contributed by atoms with van der Waals surface area (Å²) in [7, 11) is -4.74. The average molecular weight is 556 g/mol. The van der Waals surface area contributed by atoms with Crippen LogP contribution in [-0.4, -0.2) is 81.8 Å². The number of nitrogens with two attached hydrogens (primary N) is 2. The minimum atomic E-state index is -4.74. The Hall–Kier alpha value is -3.22. The number of rotatable bonds is 8. The van der Waals surface area contributed by atoms with Gasteiger partial charge in [-0.2, -0.15) is 9.97 Å². The van der Waals surface area contributed by atoms with Gasteiger partial charge in [0, 0.05) is 19.0 Å². The van der Waals surface area contributed by atoms with Crippen molar-refractivity contribution in [2.75, 3.05) is 24.7 Å². The van der Waals surface area contributed by atoms with Crippen LogP contribution in [0.3, 0.4) is 0 Å². The minimum Gasteiger partial charge on any atom is -0.394 e. The summed E-state index contributed by atoms with van der Waals surface area (Å²) in [4.78, 5) is 48.4. The van der Waals surface area contributed by atoms with Gasteiger partial charge in [-0.3, -0.25) is 28.0 Å². The molecular weight excluding hydrogens is 531 g/mol. The number of hydrogen-bond donors (Lipinski definition) is 6. The number of phosphoric acid groups is 1. The summed E-state index contributed by atoms with van der Waals surface area (Å²) in [6, 6.07) is 1.39. The fraction of sp³-hybridized carbons (Fsp3) is 0.526.